The van der Waals surface area contributed by atoms with Gasteiger partial charge in [0.15, 0.2) is 0 Å². The van der Waals surface area contributed by atoms with Gasteiger partial charge in [0.2, 0.25) is 5.71 Å². The molecule has 8 heteroatoms. The molecule has 156 valence electrons. The van der Waals surface area contributed by atoms with Crippen LogP contribution < -0.4 is 5.69 Å². The van der Waals surface area contributed by atoms with Crippen molar-refractivity contribution in [3.05, 3.63) is 28.5 Å². The Hall–Kier alpha value is -1.77. The molecule has 0 aromatic carbocycles. The van der Waals surface area contributed by atoms with Crippen LogP contribution in [0.25, 0.3) is 11.1 Å². The monoisotopic (exact) mass is 396 g/mol. The Morgan fingerprint density at radius 3 is 2.57 bits per heavy atom. The van der Waals surface area contributed by atoms with Crippen LogP contribution in [0.5, 0.6) is 0 Å². The maximum absolute atomic E-state index is 12.3. The number of fused-ring (bicyclic) bond motifs is 1. The fraction of sp³-hybridized carbons (Fsp3) is 0.700. The largest absolute Gasteiger partial charge is 0.443 e. The zero-order valence-corrected chi connectivity index (χ0v) is 16.1. The van der Waals surface area contributed by atoms with Gasteiger partial charge in [-0.3, -0.25) is 8.96 Å². The zero-order chi connectivity index (χ0) is 19.9. The Labute approximate surface area is 163 Å². The smallest absolute Gasteiger partial charge is 0.353 e. The summed E-state index contributed by atoms with van der Waals surface area (Å²) in [6, 6.07) is 1.88. The first-order valence-corrected chi connectivity index (χ1v) is 10.1. The number of unbranched alkanes of at least 4 members (excludes halogenated alkanes) is 6. The van der Waals surface area contributed by atoms with Crippen LogP contribution in [0.1, 0.15) is 63.4 Å². The van der Waals surface area contributed by atoms with Gasteiger partial charge in [-0.15, -0.1) is 0 Å². The van der Waals surface area contributed by atoms with Gasteiger partial charge in [0.05, 0.1) is 24.8 Å². The van der Waals surface area contributed by atoms with Crippen molar-refractivity contribution >= 4 is 11.1 Å². The molecular weight excluding hydrogens is 367 g/mol. The summed E-state index contributed by atoms with van der Waals surface area (Å²) in [7, 11) is 0. The van der Waals surface area contributed by atoms with Gasteiger partial charge >= 0.3 is 5.69 Å². The van der Waals surface area contributed by atoms with E-state index in [1.165, 1.54) is 4.57 Å². The Kier molecular flexibility index (Phi) is 7.58. The first-order valence-electron chi connectivity index (χ1n) is 10.1. The maximum Gasteiger partial charge on any atom is 0.353 e. The van der Waals surface area contributed by atoms with Gasteiger partial charge in [-0.1, -0.05) is 32.1 Å². The highest BCUT2D eigenvalue weighted by Crippen LogP contribution is 2.28. The molecule has 2 aromatic heterocycles. The van der Waals surface area contributed by atoms with Crippen molar-refractivity contribution in [2.75, 3.05) is 13.3 Å². The third-order valence-electron chi connectivity index (χ3n) is 5.24. The topological polar surface area (TPSA) is 97.7 Å². The summed E-state index contributed by atoms with van der Waals surface area (Å²) in [5, 5.41) is 19.8. The number of ether oxygens (including phenoxy) is 1. The number of hydrogen-bond donors (Lipinski definition) is 2. The summed E-state index contributed by atoms with van der Waals surface area (Å²) < 4.78 is 24.6. The number of alkyl halides is 1. The summed E-state index contributed by atoms with van der Waals surface area (Å²) in [4.78, 5) is 16.3. The number of halogens is 1. The molecule has 1 fully saturated rings. The molecular formula is C20H29FN2O5. The van der Waals surface area contributed by atoms with E-state index >= 15 is 0 Å². The van der Waals surface area contributed by atoms with E-state index in [0.29, 0.717) is 17.5 Å². The summed E-state index contributed by atoms with van der Waals surface area (Å²) >= 11 is 0. The van der Waals surface area contributed by atoms with E-state index in [1.807, 2.05) is 6.07 Å². The predicted octanol–water partition coefficient (Wildman–Crippen LogP) is 2.87. The Bertz CT molecular complexity index is 805. The molecule has 0 saturated carbocycles. The molecule has 2 aromatic rings. The number of hydrogen-bond acceptors (Lipinski definition) is 6. The number of nitrogens with zero attached hydrogens (tertiary/aromatic N) is 2. The van der Waals surface area contributed by atoms with Crippen molar-refractivity contribution in [1.29, 1.82) is 0 Å². The molecule has 3 rings (SSSR count). The van der Waals surface area contributed by atoms with Gasteiger partial charge in [0.1, 0.15) is 18.1 Å². The number of aromatic nitrogens is 2. The number of aliphatic hydroxyl groups excluding tert-OH is 2. The second-order valence-corrected chi connectivity index (χ2v) is 7.43. The quantitative estimate of drug-likeness (QED) is 0.567. The minimum Gasteiger partial charge on any atom is -0.443 e. The van der Waals surface area contributed by atoms with Crippen LogP contribution in [0.15, 0.2) is 21.5 Å². The number of aliphatic hydroxyl groups is 2. The molecule has 0 bridgehead atoms. The molecule has 0 amide bonds. The standard InChI is InChI=1S/C20H29FN2O5/c21-9-7-5-3-1-2-4-6-8-15-10-14-12-23(20(26)22-19(14)27-15)18-11-16(25)17(13-24)28-18/h10,12,16-18,24-25H,1-9,11,13H2/t16-,17+,18+/m0/s1. The predicted molar refractivity (Wildman–Crippen MR) is 102 cm³/mol. The summed E-state index contributed by atoms with van der Waals surface area (Å²) in [5.41, 5.74) is -0.197. The molecule has 7 nitrogen and oxygen atoms in total. The minimum absolute atomic E-state index is 0.222. The average Bonchev–Trinajstić information content (AvgIpc) is 3.25. The van der Waals surface area contributed by atoms with E-state index in [-0.39, 0.29) is 19.7 Å². The summed E-state index contributed by atoms with van der Waals surface area (Å²) in [6.45, 7) is -0.519. The molecule has 2 N–H and O–H groups in total. The van der Waals surface area contributed by atoms with Crippen LogP contribution in [0.2, 0.25) is 0 Å². The molecule has 0 spiro atoms. The number of rotatable bonds is 11. The third-order valence-corrected chi connectivity index (χ3v) is 5.24. The highest BCUT2D eigenvalue weighted by atomic mass is 19.1. The number of furan rings is 1. The van der Waals surface area contributed by atoms with Gasteiger partial charge in [-0.25, -0.2) is 4.79 Å². The van der Waals surface area contributed by atoms with Crippen LogP contribution in [0, 0.1) is 0 Å². The lowest BCUT2D eigenvalue weighted by molar-refractivity contribution is -0.0457. The minimum atomic E-state index is -0.811. The molecule has 28 heavy (non-hydrogen) atoms. The van der Waals surface area contributed by atoms with E-state index in [9.17, 15) is 19.4 Å². The van der Waals surface area contributed by atoms with Gasteiger partial charge in [0.25, 0.3) is 0 Å². The lowest BCUT2D eigenvalue weighted by Crippen LogP contribution is -2.27. The molecule has 0 aliphatic carbocycles. The normalized spacial score (nSPS) is 22.3. The van der Waals surface area contributed by atoms with Gasteiger partial charge in [-0.05, 0) is 18.9 Å². The van der Waals surface area contributed by atoms with E-state index in [0.717, 1.165) is 50.7 Å². The maximum atomic E-state index is 12.3. The summed E-state index contributed by atoms with van der Waals surface area (Å²) in [6.07, 6.45) is 7.54. The molecule has 0 unspecified atom stereocenters. The summed E-state index contributed by atoms with van der Waals surface area (Å²) in [5.74, 6) is 0.790. The van der Waals surface area contributed by atoms with Gasteiger partial charge in [0, 0.05) is 19.0 Å². The van der Waals surface area contributed by atoms with Crippen molar-refractivity contribution in [3.63, 3.8) is 0 Å². The van der Waals surface area contributed by atoms with Crippen molar-refractivity contribution in [1.82, 2.24) is 9.55 Å². The van der Waals surface area contributed by atoms with Crippen LogP contribution in [-0.2, 0) is 11.2 Å². The molecule has 0 radical (unpaired) electrons. The Balaban J connectivity index is 1.55. The van der Waals surface area contributed by atoms with Crippen molar-refractivity contribution < 1.29 is 23.8 Å². The van der Waals surface area contributed by atoms with Crippen LogP contribution in [-0.4, -0.2) is 45.3 Å². The Morgan fingerprint density at radius 2 is 1.89 bits per heavy atom. The third kappa shape index (κ3) is 5.18. The molecule has 3 heterocycles. The number of aryl methyl sites for hydroxylation is 1. The van der Waals surface area contributed by atoms with E-state index < -0.39 is 24.1 Å². The molecule has 1 aliphatic rings. The van der Waals surface area contributed by atoms with Gasteiger partial charge < -0.3 is 19.4 Å². The lowest BCUT2D eigenvalue weighted by atomic mass is 10.1. The molecule has 1 aliphatic heterocycles. The second-order valence-electron chi connectivity index (χ2n) is 7.43. The molecule has 1 saturated heterocycles. The average molecular weight is 396 g/mol. The fourth-order valence-electron chi connectivity index (χ4n) is 3.63. The lowest BCUT2D eigenvalue weighted by Gasteiger charge is -2.13. The van der Waals surface area contributed by atoms with Crippen LogP contribution in [0.3, 0.4) is 0 Å². The first-order chi connectivity index (χ1) is 13.6. The van der Waals surface area contributed by atoms with E-state index in [1.54, 1.807) is 6.20 Å². The molecule has 3 atom stereocenters. The first kappa shape index (κ1) is 21.0. The highest BCUT2D eigenvalue weighted by Gasteiger charge is 2.35. The van der Waals surface area contributed by atoms with Crippen molar-refractivity contribution in [3.8, 4) is 0 Å². The van der Waals surface area contributed by atoms with Crippen LogP contribution >= 0.6 is 0 Å². The van der Waals surface area contributed by atoms with Crippen molar-refractivity contribution in [2.45, 2.75) is 76.2 Å². The van der Waals surface area contributed by atoms with Gasteiger partial charge in [-0.2, -0.15) is 4.98 Å². The Morgan fingerprint density at radius 1 is 1.18 bits per heavy atom. The highest BCUT2D eigenvalue weighted by molar-refractivity contribution is 5.72. The van der Waals surface area contributed by atoms with E-state index in [4.69, 9.17) is 9.15 Å². The zero-order valence-electron chi connectivity index (χ0n) is 16.1. The van der Waals surface area contributed by atoms with Crippen LogP contribution in [0.4, 0.5) is 4.39 Å². The van der Waals surface area contributed by atoms with E-state index in [2.05, 4.69) is 4.98 Å². The SMILES string of the molecule is O=c1nc2oc(CCCCCCCCCF)cc2cn1[C@H]1C[C@H](O)[C@@H](CO)O1. The second kappa shape index (κ2) is 10.1. The van der Waals surface area contributed by atoms with Crippen molar-refractivity contribution in [2.24, 2.45) is 0 Å². The fourth-order valence-corrected chi connectivity index (χ4v) is 3.63.